The van der Waals surface area contributed by atoms with Gasteiger partial charge < -0.3 is 0 Å². The normalized spacial score (nSPS) is 12.1. The number of alkyl halides is 3. The van der Waals surface area contributed by atoms with Crippen LogP contribution in [0.3, 0.4) is 0 Å². The van der Waals surface area contributed by atoms with Crippen LogP contribution >= 0.6 is 0 Å². The number of rotatable bonds is 1. The van der Waals surface area contributed by atoms with Gasteiger partial charge in [-0.15, -0.1) is 0 Å². The summed E-state index contributed by atoms with van der Waals surface area (Å²) in [7, 11) is 0. The van der Waals surface area contributed by atoms with Crippen molar-refractivity contribution in [1.29, 1.82) is 0 Å². The number of pyridine rings is 1. The van der Waals surface area contributed by atoms with E-state index in [0.717, 1.165) is 27.1 Å². The number of nitrogens with zero attached hydrogens (tertiary/aromatic N) is 1. The van der Waals surface area contributed by atoms with E-state index in [1.807, 2.05) is 30.3 Å². The van der Waals surface area contributed by atoms with Gasteiger partial charge in [0.2, 0.25) is 0 Å². The summed E-state index contributed by atoms with van der Waals surface area (Å²) in [5.41, 5.74) is 1.55. The molecular weight excluding hydrogens is 371 g/mol. The first-order chi connectivity index (χ1) is 13.9. The summed E-state index contributed by atoms with van der Waals surface area (Å²) in [6.45, 7) is 2.05. The molecule has 142 valence electrons. The maximum atomic E-state index is 13.8. The number of hydrogen-bond acceptors (Lipinski definition) is 1. The molecule has 1 heterocycles. The van der Waals surface area contributed by atoms with Gasteiger partial charge >= 0.3 is 6.18 Å². The van der Waals surface area contributed by atoms with E-state index in [-0.39, 0.29) is 5.39 Å². The standard InChI is InChI=1S/C25H16F3N/c1-15-5-4-8-20-18(15)9-10-22-21(20)11-12-29-24(22)17-13-16-6-2-3-7-19(16)23(14-17)25(26,27)28/h2-14H,1H3. The first-order valence-corrected chi connectivity index (χ1v) is 9.31. The Kier molecular flexibility index (Phi) is 3.85. The van der Waals surface area contributed by atoms with Crippen LogP contribution < -0.4 is 0 Å². The lowest BCUT2D eigenvalue weighted by Crippen LogP contribution is -2.06. The van der Waals surface area contributed by atoms with E-state index < -0.39 is 11.7 Å². The summed E-state index contributed by atoms with van der Waals surface area (Å²) in [5, 5.41) is 4.78. The number of aromatic nitrogens is 1. The fraction of sp³-hybridized carbons (Fsp3) is 0.0800. The first-order valence-electron chi connectivity index (χ1n) is 9.31. The Morgan fingerprint density at radius 3 is 2.24 bits per heavy atom. The molecular formula is C25H16F3N. The zero-order chi connectivity index (χ0) is 20.2. The van der Waals surface area contributed by atoms with Crippen LogP contribution in [0, 0.1) is 6.92 Å². The molecule has 0 fully saturated rings. The molecule has 29 heavy (non-hydrogen) atoms. The average Bonchev–Trinajstić information content (AvgIpc) is 2.72. The molecule has 4 heteroatoms. The molecule has 0 spiro atoms. The third kappa shape index (κ3) is 2.83. The minimum Gasteiger partial charge on any atom is -0.256 e. The third-order valence-electron chi connectivity index (χ3n) is 5.46. The largest absolute Gasteiger partial charge is 0.417 e. The summed E-state index contributed by atoms with van der Waals surface area (Å²) in [6, 6.07) is 21.6. The Morgan fingerprint density at radius 2 is 1.41 bits per heavy atom. The Hall–Kier alpha value is -3.40. The van der Waals surface area contributed by atoms with Crippen LogP contribution in [0.5, 0.6) is 0 Å². The fourth-order valence-electron chi connectivity index (χ4n) is 4.09. The predicted molar refractivity (Wildman–Crippen MR) is 112 cm³/mol. The minimum absolute atomic E-state index is 0.199. The van der Waals surface area contributed by atoms with Crippen molar-refractivity contribution in [2.45, 2.75) is 13.1 Å². The minimum atomic E-state index is -4.44. The van der Waals surface area contributed by atoms with Crippen LogP contribution in [0.2, 0.25) is 0 Å². The van der Waals surface area contributed by atoms with Crippen molar-refractivity contribution in [3.8, 4) is 11.3 Å². The molecule has 0 atom stereocenters. The summed E-state index contributed by atoms with van der Waals surface area (Å²) in [5.74, 6) is 0. The highest BCUT2D eigenvalue weighted by molar-refractivity contribution is 6.12. The summed E-state index contributed by atoms with van der Waals surface area (Å²) >= 11 is 0. The molecule has 0 unspecified atom stereocenters. The van der Waals surface area contributed by atoms with Gasteiger partial charge in [-0.05, 0) is 57.6 Å². The number of hydrogen-bond donors (Lipinski definition) is 0. The summed E-state index contributed by atoms with van der Waals surface area (Å²) in [4.78, 5) is 4.47. The monoisotopic (exact) mass is 387 g/mol. The van der Waals surface area contributed by atoms with Gasteiger partial charge in [-0.2, -0.15) is 13.2 Å². The van der Waals surface area contributed by atoms with Gasteiger partial charge in [-0.1, -0.05) is 54.6 Å². The van der Waals surface area contributed by atoms with E-state index in [2.05, 4.69) is 18.0 Å². The molecule has 1 aromatic heterocycles. The predicted octanol–water partition coefficient (Wildman–Crippen LogP) is 7.54. The molecule has 0 aliphatic carbocycles. The van der Waals surface area contributed by atoms with E-state index in [4.69, 9.17) is 0 Å². The van der Waals surface area contributed by atoms with Crippen molar-refractivity contribution in [3.05, 3.63) is 90.1 Å². The number of halogens is 3. The van der Waals surface area contributed by atoms with Gasteiger partial charge in [0.1, 0.15) is 0 Å². The fourth-order valence-corrected chi connectivity index (χ4v) is 4.09. The molecule has 0 bridgehead atoms. The summed E-state index contributed by atoms with van der Waals surface area (Å²) in [6.07, 6.45) is -2.77. The zero-order valence-electron chi connectivity index (χ0n) is 15.6. The SMILES string of the molecule is Cc1cccc2c1ccc1c(-c3cc(C(F)(F)F)c4ccccc4c3)nccc12. The van der Waals surface area contributed by atoms with Crippen LogP contribution in [0.1, 0.15) is 11.1 Å². The van der Waals surface area contributed by atoms with Gasteiger partial charge in [0.15, 0.2) is 0 Å². The van der Waals surface area contributed by atoms with Crippen molar-refractivity contribution in [3.63, 3.8) is 0 Å². The van der Waals surface area contributed by atoms with E-state index in [1.54, 1.807) is 30.5 Å². The second-order valence-corrected chi connectivity index (χ2v) is 7.23. The topological polar surface area (TPSA) is 12.9 Å². The Balaban J connectivity index is 1.86. The molecule has 0 saturated carbocycles. The molecule has 1 nitrogen and oxygen atoms in total. The lowest BCUT2D eigenvalue weighted by molar-refractivity contribution is -0.136. The van der Waals surface area contributed by atoms with Crippen LogP contribution in [0.15, 0.2) is 79.0 Å². The van der Waals surface area contributed by atoms with Crippen LogP contribution in [0.4, 0.5) is 13.2 Å². The van der Waals surface area contributed by atoms with E-state index >= 15 is 0 Å². The maximum Gasteiger partial charge on any atom is 0.417 e. The van der Waals surface area contributed by atoms with Crippen LogP contribution in [0.25, 0.3) is 43.6 Å². The Bertz CT molecular complexity index is 1400. The van der Waals surface area contributed by atoms with Gasteiger partial charge in [0, 0.05) is 17.1 Å². The molecule has 0 aliphatic rings. The smallest absolute Gasteiger partial charge is 0.256 e. The Morgan fingerprint density at radius 1 is 0.690 bits per heavy atom. The number of fused-ring (bicyclic) bond motifs is 4. The average molecular weight is 387 g/mol. The molecule has 5 rings (SSSR count). The highest BCUT2D eigenvalue weighted by Crippen LogP contribution is 2.39. The highest BCUT2D eigenvalue weighted by atomic mass is 19.4. The van der Waals surface area contributed by atoms with Gasteiger partial charge in [0.25, 0.3) is 0 Å². The molecule has 5 aromatic rings. The number of benzene rings is 4. The zero-order valence-corrected chi connectivity index (χ0v) is 15.6. The van der Waals surface area contributed by atoms with Crippen molar-refractivity contribution >= 4 is 32.3 Å². The molecule has 0 radical (unpaired) electrons. The van der Waals surface area contributed by atoms with Crippen molar-refractivity contribution in [2.24, 2.45) is 0 Å². The van der Waals surface area contributed by atoms with Crippen molar-refractivity contribution < 1.29 is 13.2 Å². The lowest BCUT2D eigenvalue weighted by Gasteiger charge is -2.14. The Labute approximate surface area is 165 Å². The van der Waals surface area contributed by atoms with E-state index in [0.29, 0.717) is 16.6 Å². The quantitative estimate of drug-likeness (QED) is 0.271. The number of aryl methyl sites for hydroxylation is 1. The van der Waals surface area contributed by atoms with Gasteiger partial charge in [-0.25, -0.2) is 0 Å². The second kappa shape index (κ2) is 6.31. The molecule has 0 aliphatic heterocycles. The van der Waals surface area contributed by atoms with Crippen molar-refractivity contribution in [2.75, 3.05) is 0 Å². The second-order valence-electron chi connectivity index (χ2n) is 7.23. The highest BCUT2D eigenvalue weighted by Gasteiger charge is 2.33. The molecule has 0 N–H and O–H groups in total. The molecule has 0 amide bonds. The molecule has 4 aromatic carbocycles. The molecule has 0 saturated heterocycles. The maximum absolute atomic E-state index is 13.8. The lowest BCUT2D eigenvalue weighted by atomic mass is 9.94. The van der Waals surface area contributed by atoms with Crippen molar-refractivity contribution in [1.82, 2.24) is 4.98 Å². The summed E-state index contributed by atoms with van der Waals surface area (Å²) < 4.78 is 41.3. The first kappa shape index (κ1) is 17.7. The van der Waals surface area contributed by atoms with Crippen LogP contribution in [-0.4, -0.2) is 4.98 Å². The van der Waals surface area contributed by atoms with Crippen LogP contribution in [-0.2, 0) is 6.18 Å². The van der Waals surface area contributed by atoms with E-state index in [1.165, 1.54) is 12.1 Å². The van der Waals surface area contributed by atoms with E-state index in [9.17, 15) is 13.2 Å². The third-order valence-corrected chi connectivity index (χ3v) is 5.46. The van der Waals surface area contributed by atoms with Gasteiger partial charge in [0.05, 0.1) is 11.3 Å². The van der Waals surface area contributed by atoms with Gasteiger partial charge in [-0.3, -0.25) is 4.98 Å².